The van der Waals surface area contributed by atoms with Crippen LogP contribution in [-0.2, 0) is 6.54 Å². The molecule has 0 fully saturated rings. The fourth-order valence-corrected chi connectivity index (χ4v) is 1.12. The van der Waals surface area contributed by atoms with Gasteiger partial charge in [0.15, 0.2) is 0 Å². The van der Waals surface area contributed by atoms with Crippen LogP contribution < -0.4 is 5.73 Å². The standard InChI is InChI=1S/C10H8N2/c11-6-10-5-8-3-1-2-4-9(8)7-12-10/h1,3,5,7H,6,11H2. The lowest BCUT2D eigenvalue weighted by atomic mass is 10.2. The number of hydrogen-bond donors (Lipinski definition) is 1. The van der Waals surface area contributed by atoms with E-state index in [-0.39, 0.29) is 0 Å². The van der Waals surface area contributed by atoms with Gasteiger partial charge in [-0.2, -0.15) is 0 Å². The second-order valence-corrected chi connectivity index (χ2v) is 2.57. The molecule has 0 unspecified atom stereocenters. The second kappa shape index (κ2) is 2.80. The third-order valence-electron chi connectivity index (χ3n) is 1.75. The largest absolute Gasteiger partial charge is 0.325 e. The molecule has 0 amide bonds. The van der Waals surface area contributed by atoms with Crippen molar-refractivity contribution in [1.82, 2.24) is 4.98 Å². The molecule has 0 aliphatic rings. The fraction of sp³-hybridized carbons (Fsp3) is 0.100. The van der Waals surface area contributed by atoms with Crippen LogP contribution in [0, 0.1) is 12.1 Å². The Morgan fingerprint density at radius 1 is 1.50 bits per heavy atom. The van der Waals surface area contributed by atoms with Crippen LogP contribution in [0.25, 0.3) is 10.8 Å². The molecule has 2 N–H and O–H groups in total. The third kappa shape index (κ3) is 1.11. The van der Waals surface area contributed by atoms with Gasteiger partial charge in [-0.15, -0.1) is 0 Å². The maximum atomic E-state index is 5.46. The number of pyridine rings is 1. The molecule has 1 aromatic carbocycles. The van der Waals surface area contributed by atoms with E-state index in [1.807, 2.05) is 18.2 Å². The summed E-state index contributed by atoms with van der Waals surface area (Å²) in [6.45, 7) is 0.481. The lowest BCUT2D eigenvalue weighted by Gasteiger charge is -1.96. The molecule has 2 rings (SSSR count). The van der Waals surface area contributed by atoms with E-state index in [2.05, 4.69) is 17.1 Å². The molecule has 2 aromatic rings. The summed E-state index contributed by atoms with van der Waals surface area (Å²) in [5, 5.41) is 2.10. The molecule has 2 nitrogen and oxygen atoms in total. The van der Waals surface area contributed by atoms with Gasteiger partial charge >= 0.3 is 0 Å². The molecule has 0 aliphatic carbocycles. The van der Waals surface area contributed by atoms with E-state index in [1.54, 1.807) is 6.20 Å². The highest BCUT2D eigenvalue weighted by molar-refractivity contribution is 5.79. The average Bonchev–Trinajstić information content (AvgIpc) is 2.17. The molecule has 58 valence electrons. The van der Waals surface area contributed by atoms with Crippen LogP contribution in [0.1, 0.15) is 5.69 Å². The zero-order valence-electron chi connectivity index (χ0n) is 6.54. The number of rotatable bonds is 1. The van der Waals surface area contributed by atoms with Gasteiger partial charge in [0.25, 0.3) is 0 Å². The summed E-state index contributed by atoms with van der Waals surface area (Å²) in [4.78, 5) is 4.15. The summed E-state index contributed by atoms with van der Waals surface area (Å²) < 4.78 is 0. The Morgan fingerprint density at radius 3 is 3.25 bits per heavy atom. The summed E-state index contributed by atoms with van der Waals surface area (Å²) in [6.07, 6.45) is 1.77. The van der Waals surface area contributed by atoms with Gasteiger partial charge in [0.05, 0.1) is 11.1 Å². The van der Waals surface area contributed by atoms with Crippen molar-refractivity contribution in [2.45, 2.75) is 6.54 Å². The quantitative estimate of drug-likeness (QED) is 0.675. The number of hydrogen-bond acceptors (Lipinski definition) is 2. The molecular formula is C10H8N2. The van der Waals surface area contributed by atoms with Gasteiger partial charge in [-0.1, -0.05) is 12.1 Å². The van der Waals surface area contributed by atoms with Gasteiger partial charge in [-0.25, -0.2) is 0 Å². The number of nitrogens with two attached hydrogens (primary N) is 1. The molecule has 0 saturated carbocycles. The Hall–Kier alpha value is -1.59. The summed E-state index contributed by atoms with van der Waals surface area (Å²) in [5.74, 6) is 0. The average molecular weight is 156 g/mol. The minimum atomic E-state index is 0.481. The van der Waals surface area contributed by atoms with Crippen LogP contribution in [0.5, 0.6) is 0 Å². The van der Waals surface area contributed by atoms with E-state index < -0.39 is 0 Å². The molecular weight excluding hydrogens is 148 g/mol. The van der Waals surface area contributed by atoms with Crippen molar-refractivity contribution in [3.63, 3.8) is 0 Å². The van der Waals surface area contributed by atoms with Crippen LogP contribution in [0.2, 0.25) is 0 Å². The van der Waals surface area contributed by atoms with Gasteiger partial charge in [-0.3, -0.25) is 4.98 Å². The number of nitrogens with zero attached hydrogens (tertiary/aromatic N) is 1. The van der Waals surface area contributed by atoms with Crippen LogP contribution in [0.3, 0.4) is 0 Å². The lowest BCUT2D eigenvalue weighted by Crippen LogP contribution is -1.98. The van der Waals surface area contributed by atoms with Gasteiger partial charge in [0.2, 0.25) is 0 Å². The molecule has 1 aromatic heterocycles. The van der Waals surface area contributed by atoms with Crippen LogP contribution in [-0.4, -0.2) is 4.98 Å². The van der Waals surface area contributed by atoms with E-state index in [1.165, 1.54) is 0 Å². The normalized spacial score (nSPS) is 9.75. The van der Waals surface area contributed by atoms with Gasteiger partial charge in [0, 0.05) is 12.7 Å². The van der Waals surface area contributed by atoms with Gasteiger partial charge in [-0.05, 0) is 23.6 Å². The van der Waals surface area contributed by atoms with E-state index in [4.69, 9.17) is 5.73 Å². The smallest absolute Gasteiger partial charge is 0.0546 e. The first-order valence-corrected chi connectivity index (χ1v) is 3.77. The first-order chi connectivity index (χ1) is 5.90. The highest BCUT2D eigenvalue weighted by Crippen LogP contribution is 2.09. The minimum Gasteiger partial charge on any atom is -0.325 e. The Morgan fingerprint density at radius 2 is 2.42 bits per heavy atom. The van der Waals surface area contributed by atoms with E-state index in [0.29, 0.717) is 6.54 Å². The van der Waals surface area contributed by atoms with Gasteiger partial charge < -0.3 is 5.73 Å². The molecule has 0 atom stereocenters. The topological polar surface area (TPSA) is 38.9 Å². The van der Waals surface area contributed by atoms with Crippen LogP contribution >= 0.6 is 0 Å². The first-order valence-electron chi connectivity index (χ1n) is 3.77. The number of aromatic nitrogens is 1. The molecule has 0 radical (unpaired) electrons. The van der Waals surface area contributed by atoms with Crippen molar-refractivity contribution in [3.8, 4) is 0 Å². The molecule has 1 heterocycles. The predicted octanol–water partition coefficient (Wildman–Crippen LogP) is 1.29. The Bertz CT molecular complexity index is 396. The van der Waals surface area contributed by atoms with Crippen molar-refractivity contribution in [1.29, 1.82) is 0 Å². The van der Waals surface area contributed by atoms with Crippen molar-refractivity contribution >= 4 is 10.8 Å². The molecule has 0 bridgehead atoms. The van der Waals surface area contributed by atoms with Gasteiger partial charge in [0.1, 0.15) is 0 Å². The fourth-order valence-electron chi connectivity index (χ4n) is 1.12. The molecule has 0 spiro atoms. The molecule has 2 heteroatoms. The second-order valence-electron chi connectivity index (χ2n) is 2.57. The molecule has 0 saturated heterocycles. The molecule has 0 aliphatic heterocycles. The predicted molar refractivity (Wildman–Crippen MR) is 47.3 cm³/mol. The Kier molecular flexibility index (Phi) is 1.65. The number of fused-ring (bicyclic) bond motifs is 1. The summed E-state index contributed by atoms with van der Waals surface area (Å²) in [7, 11) is 0. The summed E-state index contributed by atoms with van der Waals surface area (Å²) in [5.41, 5.74) is 6.37. The first kappa shape index (κ1) is 7.08. The van der Waals surface area contributed by atoms with Crippen molar-refractivity contribution in [3.05, 3.63) is 42.2 Å². The van der Waals surface area contributed by atoms with Crippen molar-refractivity contribution < 1.29 is 0 Å². The maximum Gasteiger partial charge on any atom is 0.0546 e. The van der Waals surface area contributed by atoms with E-state index in [9.17, 15) is 0 Å². The monoisotopic (exact) mass is 156 g/mol. The highest BCUT2D eigenvalue weighted by Gasteiger charge is 1.93. The van der Waals surface area contributed by atoms with E-state index in [0.717, 1.165) is 16.5 Å². The van der Waals surface area contributed by atoms with Crippen molar-refractivity contribution in [2.75, 3.05) is 0 Å². The Balaban J connectivity index is 2.67. The maximum absolute atomic E-state index is 5.46. The van der Waals surface area contributed by atoms with Crippen LogP contribution in [0.15, 0.2) is 24.4 Å². The van der Waals surface area contributed by atoms with Crippen molar-refractivity contribution in [2.24, 2.45) is 5.73 Å². The summed E-state index contributed by atoms with van der Waals surface area (Å²) in [6, 6.07) is 11.6. The SMILES string of the molecule is NCc1cc2ccc#cc2cn1. The zero-order valence-corrected chi connectivity index (χ0v) is 6.54. The molecule has 12 heavy (non-hydrogen) atoms. The lowest BCUT2D eigenvalue weighted by molar-refractivity contribution is 0.998. The van der Waals surface area contributed by atoms with Crippen LogP contribution in [0.4, 0.5) is 0 Å². The van der Waals surface area contributed by atoms with E-state index >= 15 is 0 Å². The zero-order chi connectivity index (χ0) is 8.39. The summed E-state index contributed by atoms with van der Waals surface area (Å²) >= 11 is 0. The minimum absolute atomic E-state index is 0.481. The highest BCUT2D eigenvalue weighted by atomic mass is 14.7. The Labute approximate surface area is 71.0 Å². The third-order valence-corrected chi connectivity index (χ3v) is 1.75.